The molecule has 1 atom stereocenters. The van der Waals surface area contributed by atoms with Crippen LogP contribution in [0.1, 0.15) is 33.1 Å². The fourth-order valence-electron chi connectivity index (χ4n) is 1.28. The first-order valence-corrected chi connectivity index (χ1v) is 5.69. The summed E-state index contributed by atoms with van der Waals surface area (Å²) in [5.41, 5.74) is 0. The third-order valence-corrected chi connectivity index (χ3v) is 2.17. The Morgan fingerprint density at radius 2 is 2.20 bits per heavy atom. The Hall–Kier alpha value is -0.610. The molecule has 0 heterocycles. The molecule has 2 N–H and O–H groups in total. The molecule has 0 aliphatic rings. The molecule has 15 heavy (non-hydrogen) atoms. The number of ether oxygens (including phenoxy) is 1. The Labute approximate surface area is 92.8 Å². The van der Waals surface area contributed by atoms with Gasteiger partial charge in [-0.3, -0.25) is 4.79 Å². The molecule has 1 unspecified atom stereocenters. The lowest BCUT2D eigenvalue weighted by molar-refractivity contribution is -0.120. The maximum atomic E-state index is 11.4. The van der Waals surface area contributed by atoms with Crippen molar-refractivity contribution < 1.29 is 9.53 Å². The van der Waals surface area contributed by atoms with E-state index >= 15 is 0 Å². The Balaban J connectivity index is 3.38. The monoisotopic (exact) mass is 216 g/mol. The SMILES string of the molecule is CCCCC(C)NC(=O)CNCCOC. The molecular weight excluding hydrogens is 192 g/mol. The van der Waals surface area contributed by atoms with Crippen LogP contribution in [0, 0.1) is 0 Å². The van der Waals surface area contributed by atoms with Crippen LogP contribution in [0.5, 0.6) is 0 Å². The molecule has 0 rings (SSSR count). The third kappa shape index (κ3) is 9.69. The fraction of sp³-hybridized carbons (Fsp3) is 0.909. The number of unbranched alkanes of at least 4 members (excludes halogenated alkanes) is 1. The normalized spacial score (nSPS) is 12.5. The summed E-state index contributed by atoms with van der Waals surface area (Å²) in [6.45, 7) is 5.93. The van der Waals surface area contributed by atoms with E-state index in [1.54, 1.807) is 7.11 Å². The third-order valence-electron chi connectivity index (χ3n) is 2.17. The van der Waals surface area contributed by atoms with Gasteiger partial charge < -0.3 is 15.4 Å². The summed E-state index contributed by atoms with van der Waals surface area (Å²) in [4.78, 5) is 11.4. The second-order valence-electron chi connectivity index (χ2n) is 3.78. The van der Waals surface area contributed by atoms with Crippen LogP contribution in [0.2, 0.25) is 0 Å². The number of rotatable bonds is 9. The van der Waals surface area contributed by atoms with Crippen molar-refractivity contribution in [2.24, 2.45) is 0 Å². The average molecular weight is 216 g/mol. The number of amides is 1. The van der Waals surface area contributed by atoms with Crippen LogP contribution in [0.15, 0.2) is 0 Å². The van der Waals surface area contributed by atoms with Gasteiger partial charge >= 0.3 is 0 Å². The predicted molar refractivity (Wildman–Crippen MR) is 61.9 cm³/mol. The second kappa shape index (κ2) is 9.93. The molecule has 0 radical (unpaired) electrons. The summed E-state index contributed by atoms with van der Waals surface area (Å²) < 4.78 is 4.86. The summed E-state index contributed by atoms with van der Waals surface area (Å²) in [6, 6.07) is 0.279. The Bertz CT molecular complexity index is 163. The molecule has 0 aromatic carbocycles. The number of carbonyl (C=O) groups is 1. The number of hydrogen-bond acceptors (Lipinski definition) is 3. The van der Waals surface area contributed by atoms with Crippen LogP contribution in [0.4, 0.5) is 0 Å². The Kier molecular flexibility index (Phi) is 9.52. The van der Waals surface area contributed by atoms with Gasteiger partial charge in [0.1, 0.15) is 0 Å². The van der Waals surface area contributed by atoms with Crippen molar-refractivity contribution in [1.82, 2.24) is 10.6 Å². The molecule has 4 heteroatoms. The van der Waals surface area contributed by atoms with Gasteiger partial charge in [-0.1, -0.05) is 19.8 Å². The molecule has 0 saturated carbocycles. The summed E-state index contributed by atoms with van der Waals surface area (Å²) in [5, 5.41) is 5.96. The van der Waals surface area contributed by atoms with E-state index in [-0.39, 0.29) is 11.9 Å². The molecule has 0 saturated heterocycles. The van der Waals surface area contributed by atoms with Gasteiger partial charge in [0.25, 0.3) is 0 Å². The van der Waals surface area contributed by atoms with Crippen molar-refractivity contribution in [3.8, 4) is 0 Å². The van der Waals surface area contributed by atoms with Crippen molar-refractivity contribution >= 4 is 5.91 Å². The van der Waals surface area contributed by atoms with Gasteiger partial charge in [0.15, 0.2) is 0 Å². The van der Waals surface area contributed by atoms with Crippen LogP contribution < -0.4 is 10.6 Å². The highest BCUT2D eigenvalue weighted by atomic mass is 16.5. The smallest absolute Gasteiger partial charge is 0.234 e. The standard InChI is InChI=1S/C11H24N2O2/c1-4-5-6-10(2)13-11(14)9-12-7-8-15-3/h10,12H,4-9H2,1-3H3,(H,13,14). The molecule has 4 nitrogen and oxygen atoms in total. The zero-order valence-electron chi connectivity index (χ0n) is 10.1. The maximum absolute atomic E-state index is 11.4. The Morgan fingerprint density at radius 3 is 2.80 bits per heavy atom. The lowest BCUT2D eigenvalue weighted by Crippen LogP contribution is -2.39. The summed E-state index contributed by atoms with van der Waals surface area (Å²) in [6.07, 6.45) is 3.39. The molecule has 0 spiro atoms. The van der Waals surface area contributed by atoms with Gasteiger partial charge in [-0.2, -0.15) is 0 Å². The van der Waals surface area contributed by atoms with E-state index in [0.717, 1.165) is 6.42 Å². The van der Waals surface area contributed by atoms with Gasteiger partial charge in [-0.25, -0.2) is 0 Å². The van der Waals surface area contributed by atoms with E-state index in [1.165, 1.54) is 12.8 Å². The Morgan fingerprint density at radius 1 is 1.47 bits per heavy atom. The maximum Gasteiger partial charge on any atom is 0.234 e. The zero-order chi connectivity index (χ0) is 11.5. The second-order valence-corrected chi connectivity index (χ2v) is 3.78. The van der Waals surface area contributed by atoms with Crippen LogP contribution in [0.3, 0.4) is 0 Å². The summed E-state index contributed by atoms with van der Waals surface area (Å²) in [7, 11) is 1.65. The molecule has 0 aromatic rings. The topological polar surface area (TPSA) is 50.4 Å². The quantitative estimate of drug-likeness (QED) is 0.563. The van der Waals surface area contributed by atoms with Crippen molar-refractivity contribution in [3.05, 3.63) is 0 Å². The zero-order valence-corrected chi connectivity index (χ0v) is 10.1. The van der Waals surface area contributed by atoms with E-state index < -0.39 is 0 Å². The molecule has 0 aromatic heterocycles. The van der Waals surface area contributed by atoms with Crippen molar-refractivity contribution in [2.45, 2.75) is 39.2 Å². The minimum atomic E-state index is 0.0645. The molecule has 90 valence electrons. The van der Waals surface area contributed by atoms with Crippen LogP contribution in [-0.2, 0) is 9.53 Å². The van der Waals surface area contributed by atoms with Gasteiger partial charge in [0.05, 0.1) is 13.2 Å². The highest BCUT2D eigenvalue weighted by molar-refractivity contribution is 5.78. The predicted octanol–water partition coefficient (Wildman–Crippen LogP) is 0.917. The lowest BCUT2D eigenvalue weighted by Gasteiger charge is -2.13. The van der Waals surface area contributed by atoms with Crippen LogP contribution >= 0.6 is 0 Å². The first-order chi connectivity index (χ1) is 7.20. The molecule has 0 fully saturated rings. The number of carbonyl (C=O) groups excluding carboxylic acids is 1. The lowest BCUT2D eigenvalue weighted by atomic mass is 10.1. The first kappa shape index (κ1) is 14.4. The van der Waals surface area contributed by atoms with Crippen LogP contribution in [0.25, 0.3) is 0 Å². The molecule has 0 aliphatic heterocycles. The largest absolute Gasteiger partial charge is 0.383 e. The van der Waals surface area contributed by atoms with E-state index in [2.05, 4.69) is 17.6 Å². The highest BCUT2D eigenvalue weighted by Gasteiger charge is 2.05. The van der Waals surface area contributed by atoms with Gasteiger partial charge in [-0.15, -0.1) is 0 Å². The van der Waals surface area contributed by atoms with Crippen LogP contribution in [-0.4, -0.2) is 38.8 Å². The van der Waals surface area contributed by atoms with E-state index in [9.17, 15) is 4.79 Å². The number of nitrogens with one attached hydrogen (secondary N) is 2. The van der Waals surface area contributed by atoms with E-state index in [4.69, 9.17) is 4.74 Å². The fourth-order valence-corrected chi connectivity index (χ4v) is 1.28. The van der Waals surface area contributed by atoms with E-state index in [1.807, 2.05) is 6.92 Å². The molecule has 1 amide bonds. The first-order valence-electron chi connectivity index (χ1n) is 5.69. The van der Waals surface area contributed by atoms with Crippen molar-refractivity contribution in [3.63, 3.8) is 0 Å². The van der Waals surface area contributed by atoms with Gasteiger partial charge in [0.2, 0.25) is 5.91 Å². The molecular formula is C11H24N2O2. The highest BCUT2D eigenvalue weighted by Crippen LogP contribution is 1.98. The van der Waals surface area contributed by atoms with Gasteiger partial charge in [-0.05, 0) is 13.3 Å². The van der Waals surface area contributed by atoms with Crippen molar-refractivity contribution in [2.75, 3.05) is 26.8 Å². The summed E-state index contributed by atoms with van der Waals surface area (Å²) in [5.74, 6) is 0.0645. The van der Waals surface area contributed by atoms with Gasteiger partial charge in [0, 0.05) is 19.7 Å². The summed E-state index contributed by atoms with van der Waals surface area (Å²) >= 11 is 0. The number of hydrogen-bond donors (Lipinski definition) is 2. The van der Waals surface area contributed by atoms with E-state index in [0.29, 0.717) is 19.7 Å². The van der Waals surface area contributed by atoms with Crippen molar-refractivity contribution in [1.29, 1.82) is 0 Å². The molecule has 0 bridgehead atoms. The number of methoxy groups -OCH3 is 1. The molecule has 0 aliphatic carbocycles. The minimum absolute atomic E-state index is 0.0645. The average Bonchev–Trinajstić information content (AvgIpc) is 2.21. The minimum Gasteiger partial charge on any atom is -0.383 e.